The summed E-state index contributed by atoms with van der Waals surface area (Å²) in [5.41, 5.74) is 1.60. The lowest BCUT2D eigenvalue weighted by molar-refractivity contribution is 0.616. The van der Waals surface area contributed by atoms with Gasteiger partial charge in [0.25, 0.3) is 0 Å². The highest BCUT2D eigenvalue weighted by Crippen LogP contribution is 2.12. The zero-order valence-electron chi connectivity index (χ0n) is 9.73. The maximum atomic E-state index is 13.4. The van der Waals surface area contributed by atoms with Gasteiger partial charge in [0.2, 0.25) is 0 Å². The fourth-order valence-corrected chi connectivity index (χ4v) is 1.62. The molecule has 0 unspecified atom stereocenters. The molecule has 0 aliphatic heterocycles. The molecule has 4 nitrogen and oxygen atoms in total. The number of hydrogen-bond donors (Lipinski definition) is 1. The van der Waals surface area contributed by atoms with E-state index in [0.717, 1.165) is 18.5 Å². The van der Waals surface area contributed by atoms with Gasteiger partial charge in [-0.05, 0) is 36.7 Å². The van der Waals surface area contributed by atoms with Crippen LogP contribution in [0.25, 0.3) is 5.69 Å². The molecule has 0 amide bonds. The smallest absolute Gasteiger partial charge is 0.138 e. The molecule has 0 saturated heterocycles. The summed E-state index contributed by atoms with van der Waals surface area (Å²) in [4.78, 5) is 3.85. The molecule has 0 radical (unpaired) electrons. The lowest BCUT2D eigenvalue weighted by atomic mass is 10.2. The van der Waals surface area contributed by atoms with Crippen molar-refractivity contribution in [1.82, 2.24) is 20.1 Å². The molecule has 90 valence electrons. The molecule has 2 aromatic rings. The van der Waals surface area contributed by atoms with Crippen LogP contribution < -0.4 is 5.32 Å². The van der Waals surface area contributed by atoms with Crippen LogP contribution in [0.3, 0.4) is 0 Å². The Morgan fingerprint density at radius 3 is 2.94 bits per heavy atom. The highest BCUT2D eigenvalue weighted by Gasteiger charge is 2.03. The molecule has 1 aromatic heterocycles. The molecule has 0 atom stereocenters. The molecular formula is C12H15FN4. The molecule has 1 N–H and O–H groups in total. The summed E-state index contributed by atoms with van der Waals surface area (Å²) in [6.07, 6.45) is 4.04. The third-order valence-electron chi connectivity index (χ3n) is 2.38. The van der Waals surface area contributed by atoms with E-state index < -0.39 is 0 Å². The average Bonchev–Trinajstić information content (AvgIpc) is 2.82. The molecule has 0 bridgehead atoms. The molecular weight excluding hydrogens is 219 g/mol. The Morgan fingerprint density at radius 1 is 1.35 bits per heavy atom. The van der Waals surface area contributed by atoms with Gasteiger partial charge < -0.3 is 5.32 Å². The van der Waals surface area contributed by atoms with Gasteiger partial charge in [0.1, 0.15) is 18.5 Å². The molecule has 1 aromatic carbocycles. The highest BCUT2D eigenvalue weighted by atomic mass is 19.1. The molecule has 0 spiro atoms. The Labute approximate surface area is 99.5 Å². The van der Waals surface area contributed by atoms with Gasteiger partial charge >= 0.3 is 0 Å². The minimum atomic E-state index is -0.258. The SMILES string of the molecule is CCCNCc1cc(F)cc(-n2cncn2)c1. The Balaban J connectivity index is 2.18. The van der Waals surface area contributed by atoms with Crippen molar-refractivity contribution >= 4 is 0 Å². The van der Waals surface area contributed by atoms with Crippen LogP contribution in [0.4, 0.5) is 4.39 Å². The lowest BCUT2D eigenvalue weighted by Crippen LogP contribution is -2.14. The maximum Gasteiger partial charge on any atom is 0.138 e. The van der Waals surface area contributed by atoms with Crippen molar-refractivity contribution < 1.29 is 4.39 Å². The van der Waals surface area contributed by atoms with Gasteiger partial charge in [-0.15, -0.1) is 0 Å². The van der Waals surface area contributed by atoms with E-state index in [1.807, 2.05) is 6.07 Å². The lowest BCUT2D eigenvalue weighted by Gasteiger charge is -2.07. The van der Waals surface area contributed by atoms with Crippen LogP contribution in [0, 0.1) is 5.82 Å². The topological polar surface area (TPSA) is 42.7 Å². The second kappa shape index (κ2) is 5.54. The Hall–Kier alpha value is -1.75. The van der Waals surface area contributed by atoms with Gasteiger partial charge in [0, 0.05) is 6.54 Å². The molecule has 0 saturated carbocycles. The van der Waals surface area contributed by atoms with Gasteiger partial charge in [0.05, 0.1) is 5.69 Å². The number of benzene rings is 1. The van der Waals surface area contributed by atoms with Crippen molar-refractivity contribution in [1.29, 1.82) is 0 Å². The van der Waals surface area contributed by atoms with Crippen LogP contribution >= 0.6 is 0 Å². The van der Waals surface area contributed by atoms with E-state index in [0.29, 0.717) is 12.2 Å². The number of halogens is 1. The van der Waals surface area contributed by atoms with Crippen LogP contribution in [0.5, 0.6) is 0 Å². The average molecular weight is 234 g/mol. The number of aromatic nitrogens is 3. The summed E-state index contributed by atoms with van der Waals surface area (Å²) < 4.78 is 15.0. The molecule has 1 heterocycles. The van der Waals surface area contributed by atoms with Crippen molar-refractivity contribution in [2.45, 2.75) is 19.9 Å². The zero-order chi connectivity index (χ0) is 12.1. The molecule has 0 aliphatic carbocycles. The van der Waals surface area contributed by atoms with Gasteiger partial charge in [-0.3, -0.25) is 0 Å². The van der Waals surface area contributed by atoms with Crippen molar-refractivity contribution in [3.8, 4) is 5.69 Å². The molecule has 5 heteroatoms. The first-order chi connectivity index (χ1) is 8.29. The predicted molar refractivity (Wildman–Crippen MR) is 63.3 cm³/mol. The van der Waals surface area contributed by atoms with Crippen LogP contribution in [0.15, 0.2) is 30.9 Å². The standard InChI is InChI=1S/C12H15FN4/c1-2-3-14-7-10-4-11(13)6-12(5-10)17-9-15-8-16-17/h4-6,8-9,14H,2-3,7H2,1H3. The van der Waals surface area contributed by atoms with E-state index in [-0.39, 0.29) is 5.82 Å². The van der Waals surface area contributed by atoms with E-state index in [1.54, 1.807) is 11.0 Å². The van der Waals surface area contributed by atoms with Gasteiger partial charge in [0.15, 0.2) is 0 Å². The Kier molecular flexibility index (Phi) is 3.82. The second-order valence-electron chi connectivity index (χ2n) is 3.83. The molecule has 17 heavy (non-hydrogen) atoms. The first-order valence-electron chi connectivity index (χ1n) is 5.65. The number of hydrogen-bond acceptors (Lipinski definition) is 3. The second-order valence-corrected chi connectivity index (χ2v) is 3.83. The fraction of sp³-hybridized carbons (Fsp3) is 0.333. The fourth-order valence-electron chi connectivity index (χ4n) is 1.62. The van der Waals surface area contributed by atoms with Crippen LogP contribution in [-0.2, 0) is 6.54 Å². The number of nitrogens with one attached hydrogen (secondary N) is 1. The van der Waals surface area contributed by atoms with Gasteiger partial charge in [-0.1, -0.05) is 6.92 Å². The van der Waals surface area contributed by atoms with Crippen LogP contribution in [0.2, 0.25) is 0 Å². The summed E-state index contributed by atoms with van der Waals surface area (Å²) >= 11 is 0. The zero-order valence-corrected chi connectivity index (χ0v) is 9.73. The summed E-state index contributed by atoms with van der Waals surface area (Å²) in [7, 11) is 0. The van der Waals surface area contributed by atoms with E-state index in [2.05, 4.69) is 22.3 Å². The van der Waals surface area contributed by atoms with Crippen molar-refractivity contribution in [2.75, 3.05) is 6.54 Å². The van der Waals surface area contributed by atoms with E-state index in [4.69, 9.17) is 0 Å². The molecule has 0 fully saturated rings. The Bertz CT molecular complexity index is 467. The number of rotatable bonds is 5. The highest BCUT2D eigenvalue weighted by molar-refractivity contribution is 5.35. The van der Waals surface area contributed by atoms with Gasteiger partial charge in [-0.2, -0.15) is 5.10 Å². The van der Waals surface area contributed by atoms with E-state index in [1.165, 1.54) is 18.5 Å². The van der Waals surface area contributed by atoms with E-state index >= 15 is 0 Å². The van der Waals surface area contributed by atoms with Crippen molar-refractivity contribution in [2.24, 2.45) is 0 Å². The van der Waals surface area contributed by atoms with Crippen LogP contribution in [0.1, 0.15) is 18.9 Å². The third kappa shape index (κ3) is 3.10. The summed E-state index contributed by atoms with van der Waals surface area (Å²) in [6.45, 7) is 3.68. The van der Waals surface area contributed by atoms with Crippen LogP contribution in [-0.4, -0.2) is 21.3 Å². The van der Waals surface area contributed by atoms with Gasteiger partial charge in [-0.25, -0.2) is 14.1 Å². The molecule has 0 aliphatic rings. The quantitative estimate of drug-likeness (QED) is 0.803. The minimum Gasteiger partial charge on any atom is -0.313 e. The Morgan fingerprint density at radius 2 is 2.24 bits per heavy atom. The summed E-state index contributed by atoms with van der Waals surface area (Å²) in [5.74, 6) is -0.258. The maximum absolute atomic E-state index is 13.4. The van der Waals surface area contributed by atoms with Crippen molar-refractivity contribution in [3.05, 3.63) is 42.2 Å². The summed E-state index contributed by atoms with van der Waals surface area (Å²) in [6, 6.07) is 4.88. The van der Waals surface area contributed by atoms with E-state index in [9.17, 15) is 4.39 Å². The first kappa shape index (κ1) is 11.7. The normalized spacial score (nSPS) is 10.7. The number of nitrogens with zero attached hydrogens (tertiary/aromatic N) is 3. The molecule has 2 rings (SSSR count). The third-order valence-corrected chi connectivity index (χ3v) is 2.38. The minimum absolute atomic E-state index is 0.258. The van der Waals surface area contributed by atoms with Crippen molar-refractivity contribution in [3.63, 3.8) is 0 Å². The largest absolute Gasteiger partial charge is 0.313 e. The predicted octanol–water partition coefficient (Wildman–Crippen LogP) is 1.91. The summed E-state index contributed by atoms with van der Waals surface area (Å²) in [5, 5.41) is 7.22. The monoisotopic (exact) mass is 234 g/mol. The first-order valence-corrected chi connectivity index (χ1v) is 5.65.